The summed E-state index contributed by atoms with van der Waals surface area (Å²) in [6.45, 7) is 3.55. The molecule has 1 atom stereocenters. The first-order valence-electron chi connectivity index (χ1n) is 7.15. The van der Waals surface area contributed by atoms with E-state index in [4.69, 9.17) is 10.5 Å². The Balaban J connectivity index is 2.04. The Morgan fingerprint density at radius 2 is 2.14 bits per heavy atom. The minimum absolute atomic E-state index is 0.364. The second kappa shape index (κ2) is 5.69. The highest BCUT2D eigenvalue weighted by Gasteiger charge is 2.24. The molecule has 0 bridgehead atoms. The summed E-state index contributed by atoms with van der Waals surface area (Å²) >= 11 is 0. The van der Waals surface area contributed by atoms with Gasteiger partial charge in [-0.1, -0.05) is 25.1 Å². The Labute approximate surface area is 124 Å². The number of para-hydroxylation sites is 1. The Bertz CT molecular complexity index is 644. The van der Waals surface area contributed by atoms with Crippen molar-refractivity contribution in [2.75, 3.05) is 24.3 Å². The zero-order chi connectivity index (χ0) is 14.8. The molecule has 1 aliphatic heterocycles. The fraction of sp³-hybridized carbons (Fsp3) is 0.375. The van der Waals surface area contributed by atoms with Gasteiger partial charge in [0.25, 0.3) is 0 Å². The number of hydrogen-bond donors (Lipinski definition) is 1. The first kappa shape index (κ1) is 13.8. The lowest BCUT2D eigenvalue weighted by atomic mass is 9.94. The number of aromatic nitrogens is 2. The minimum atomic E-state index is 0.364. The molecule has 5 heteroatoms. The SMILES string of the molecule is COCc1nc(N)cc(N2CC(C)Cc3ccccc32)n1. The van der Waals surface area contributed by atoms with Gasteiger partial charge >= 0.3 is 0 Å². The lowest BCUT2D eigenvalue weighted by Crippen LogP contribution is -2.31. The molecule has 0 fully saturated rings. The van der Waals surface area contributed by atoms with Crippen LogP contribution in [0.15, 0.2) is 30.3 Å². The molecule has 2 aromatic rings. The van der Waals surface area contributed by atoms with E-state index in [2.05, 4.69) is 46.1 Å². The van der Waals surface area contributed by atoms with Crippen molar-refractivity contribution >= 4 is 17.3 Å². The highest BCUT2D eigenvalue weighted by atomic mass is 16.5. The van der Waals surface area contributed by atoms with E-state index in [1.54, 1.807) is 7.11 Å². The predicted octanol–water partition coefficient (Wildman–Crippen LogP) is 2.54. The summed E-state index contributed by atoms with van der Waals surface area (Å²) < 4.78 is 5.12. The molecule has 21 heavy (non-hydrogen) atoms. The van der Waals surface area contributed by atoms with Crippen molar-refractivity contribution in [1.29, 1.82) is 0 Å². The first-order valence-corrected chi connectivity index (χ1v) is 7.15. The van der Waals surface area contributed by atoms with Gasteiger partial charge in [0, 0.05) is 25.4 Å². The number of rotatable bonds is 3. The van der Waals surface area contributed by atoms with Gasteiger partial charge in [0.05, 0.1) is 0 Å². The first-order chi connectivity index (χ1) is 10.2. The largest absolute Gasteiger partial charge is 0.384 e. The average Bonchev–Trinajstić information content (AvgIpc) is 2.46. The van der Waals surface area contributed by atoms with Crippen molar-refractivity contribution in [2.45, 2.75) is 20.0 Å². The number of nitrogens with two attached hydrogens (primary N) is 1. The number of ether oxygens (including phenoxy) is 1. The molecule has 0 radical (unpaired) electrons. The smallest absolute Gasteiger partial charge is 0.158 e. The topological polar surface area (TPSA) is 64.3 Å². The van der Waals surface area contributed by atoms with Crippen LogP contribution >= 0.6 is 0 Å². The van der Waals surface area contributed by atoms with Crippen molar-refractivity contribution in [1.82, 2.24) is 9.97 Å². The summed E-state index contributed by atoms with van der Waals surface area (Å²) in [7, 11) is 1.63. The van der Waals surface area contributed by atoms with Gasteiger partial charge in [-0.25, -0.2) is 9.97 Å². The second-order valence-electron chi connectivity index (χ2n) is 5.55. The van der Waals surface area contributed by atoms with E-state index in [1.807, 2.05) is 6.07 Å². The van der Waals surface area contributed by atoms with Gasteiger partial charge in [-0.05, 0) is 24.0 Å². The number of nitrogens with zero attached hydrogens (tertiary/aromatic N) is 3. The third kappa shape index (κ3) is 2.83. The van der Waals surface area contributed by atoms with Crippen LogP contribution in [0.3, 0.4) is 0 Å². The van der Waals surface area contributed by atoms with Crippen molar-refractivity contribution in [3.63, 3.8) is 0 Å². The highest BCUT2D eigenvalue weighted by Crippen LogP contribution is 2.34. The van der Waals surface area contributed by atoms with Gasteiger partial charge in [0.1, 0.15) is 18.2 Å². The number of methoxy groups -OCH3 is 1. The predicted molar refractivity (Wildman–Crippen MR) is 83.5 cm³/mol. The van der Waals surface area contributed by atoms with Crippen LogP contribution in [0.5, 0.6) is 0 Å². The molecule has 2 N–H and O–H groups in total. The van der Waals surface area contributed by atoms with E-state index in [0.717, 1.165) is 18.8 Å². The van der Waals surface area contributed by atoms with E-state index >= 15 is 0 Å². The molecule has 5 nitrogen and oxygen atoms in total. The monoisotopic (exact) mass is 284 g/mol. The van der Waals surface area contributed by atoms with Crippen LogP contribution in [0.25, 0.3) is 0 Å². The van der Waals surface area contributed by atoms with Crippen LogP contribution < -0.4 is 10.6 Å². The van der Waals surface area contributed by atoms with Gasteiger partial charge in [-0.3, -0.25) is 0 Å². The minimum Gasteiger partial charge on any atom is -0.384 e. The van der Waals surface area contributed by atoms with Crippen molar-refractivity contribution in [3.8, 4) is 0 Å². The lowest BCUT2D eigenvalue weighted by Gasteiger charge is -2.34. The maximum atomic E-state index is 5.92. The summed E-state index contributed by atoms with van der Waals surface area (Å²) in [5, 5.41) is 0. The molecule has 110 valence electrons. The third-order valence-electron chi connectivity index (χ3n) is 3.67. The van der Waals surface area contributed by atoms with Gasteiger partial charge < -0.3 is 15.4 Å². The average molecular weight is 284 g/mol. The summed E-state index contributed by atoms with van der Waals surface area (Å²) in [4.78, 5) is 11.0. The Hall–Kier alpha value is -2.14. The number of benzene rings is 1. The molecular formula is C16H20N4O. The molecule has 1 aromatic carbocycles. The summed E-state index contributed by atoms with van der Waals surface area (Å²) in [6, 6.07) is 10.3. The van der Waals surface area contributed by atoms with Gasteiger partial charge in [0.15, 0.2) is 5.82 Å². The third-order valence-corrected chi connectivity index (χ3v) is 3.67. The van der Waals surface area contributed by atoms with E-state index < -0.39 is 0 Å². The Morgan fingerprint density at radius 1 is 1.33 bits per heavy atom. The molecule has 0 saturated heterocycles. The molecule has 1 unspecified atom stereocenters. The molecule has 0 spiro atoms. The van der Waals surface area contributed by atoms with E-state index in [0.29, 0.717) is 24.2 Å². The van der Waals surface area contributed by atoms with Crippen LogP contribution in [0.2, 0.25) is 0 Å². The normalized spacial score (nSPS) is 17.6. The van der Waals surface area contributed by atoms with Gasteiger partial charge in [-0.15, -0.1) is 0 Å². The van der Waals surface area contributed by atoms with Crippen LogP contribution in [0.1, 0.15) is 18.3 Å². The summed E-state index contributed by atoms with van der Waals surface area (Å²) in [5.74, 6) is 2.50. The molecule has 3 rings (SSSR count). The van der Waals surface area contributed by atoms with Crippen LogP contribution in [0.4, 0.5) is 17.3 Å². The molecule has 0 amide bonds. The fourth-order valence-electron chi connectivity index (χ4n) is 2.85. The Kier molecular flexibility index (Phi) is 3.75. The van der Waals surface area contributed by atoms with E-state index in [9.17, 15) is 0 Å². The lowest BCUT2D eigenvalue weighted by molar-refractivity contribution is 0.178. The molecule has 0 saturated carbocycles. The van der Waals surface area contributed by atoms with E-state index in [1.165, 1.54) is 11.3 Å². The zero-order valence-electron chi connectivity index (χ0n) is 12.4. The second-order valence-corrected chi connectivity index (χ2v) is 5.55. The highest BCUT2D eigenvalue weighted by molar-refractivity contribution is 5.66. The molecule has 2 heterocycles. The standard InChI is InChI=1S/C16H20N4O/c1-11-7-12-5-3-4-6-13(12)20(9-11)16-8-14(17)18-15(19-16)10-21-2/h3-6,8,11H,7,9-10H2,1-2H3,(H2,17,18,19). The van der Waals surface area contributed by atoms with Crippen molar-refractivity contribution in [2.24, 2.45) is 5.92 Å². The number of anilines is 3. The number of fused-ring (bicyclic) bond motifs is 1. The number of nitrogen functional groups attached to an aromatic ring is 1. The van der Waals surface area contributed by atoms with Crippen molar-refractivity contribution < 1.29 is 4.74 Å². The molecule has 1 aromatic heterocycles. The quantitative estimate of drug-likeness (QED) is 0.938. The zero-order valence-corrected chi connectivity index (χ0v) is 12.4. The van der Waals surface area contributed by atoms with Crippen LogP contribution in [-0.2, 0) is 17.8 Å². The maximum absolute atomic E-state index is 5.92. The van der Waals surface area contributed by atoms with Gasteiger partial charge in [0.2, 0.25) is 0 Å². The number of hydrogen-bond acceptors (Lipinski definition) is 5. The summed E-state index contributed by atoms with van der Waals surface area (Å²) in [6.07, 6.45) is 1.10. The molecular weight excluding hydrogens is 264 g/mol. The summed E-state index contributed by atoms with van der Waals surface area (Å²) in [5.41, 5.74) is 8.47. The van der Waals surface area contributed by atoms with Gasteiger partial charge in [-0.2, -0.15) is 0 Å². The maximum Gasteiger partial charge on any atom is 0.158 e. The van der Waals surface area contributed by atoms with E-state index in [-0.39, 0.29) is 0 Å². The van der Waals surface area contributed by atoms with Crippen LogP contribution in [0, 0.1) is 5.92 Å². The fourth-order valence-corrected chi connectivity index (χ4v) is 2.85. The van der Waals surface area contributed by atoms with Crippen molar-refractivity contribution in [3.05, 3.63) is 41.7 Å². The Morgan fingerprint density at radius 3 is 2.95 bits per heavy atom. The molecule has 1 aliphatic rings. The van der Waals surface area contributed by atoms with Crippen LogP contribution in [-0.4, -0.2) is 23.6 Å². The molecule has 0 aliphatic carbocycles.